The lowest BCUT2D eigenvalue weighted by Crippen LogP contribution is -2.49. The summed E-state index contributed by atoms with van der Waals surface area (Å²) >= 11 is 1.90. The van der Waals surface area contributed by atoms with Gasteiger partial charge in [0.05, 0.1) is 10.6 Å². The second-order valence-electron chi connectivity index (χ2n) is 14.5. The number of nitrogens with zero attached hydrogens (tertiary/aromatic N) is 1. The van der Waals surface area contributed by atoms with Crippen LogP contribution in [-0.2, 0) is 6.42 Å². The first-order chi connectivity index (χ1) is 18.2. The monoisotopic (exact) mass is 530 g/mol. The van der Waals surface area contributed by atoms with Gasteiger partial charge in [0.1, 0.15) is 0 Å². The van der Waals surface area contributed by atoms with E-state index in [1.165, 1.54) is 73.9 Å². The van der Waals surface area contributed by atoms with Crippen molar-refractivity contribution < 1.29 is 0 Å². The molecule has 1 N–H and O–H groups in total. The third-order valence-electron chi connectivity index (χ3n) is 11.8. The second kappa shape index (κ2) is 10.1. The van der Waals surface area contributed by atoms with Gasteiger partial charge in [-0.15, -0.1) is 0 Å². The molecule has 2 aromatic rings. The van der Waals surface area contributed by atoms with Crippen LogP contribution in [0.4, 0.5) is 10.8 Å². The van der Waals surface area contributed by atoms with Gasteiger partial charge in [0.2, 0.25) is 0 Å². The van der Waals surface area contributed by atoms with E-state index < -0.39 is 0 Å². The largest absolute Gasteiger partial charge is 0.332 e. The fourth-order valence-corrected chi connectivity index (χ4v) is 10.9. The summed E-state index contributed by atoms with van der Waals surface area (Å²) in [4.78, 5) is 6.58. The van der Waals surface area contributed by atoms with Gasteiger partial charge in [-0.3, -0.25) is 0 Å². The first-order valence-corrected chi connectivity index (χ1v) is 16.5. The van der Waals surface area contributed by atoms with Crippen LogP contribution in [0.15, 0.2) is 30.3 Å². The maximum Gasteiger partial charge on any atom is 0.187 e. The molecule has 0 spiro atoms. The number of thiazole rings is 1. The van der Waals surface area contributed by atoms with Gasteiger partial charge in [-0.2, -0.15) is 0 Å². The fourth-order valence-electron chi connectivity index (χ4n) is 9.71. The van der Waals surface area contributed by atoms with Crippen LogP contribution in [0, 0.1) is 53.3 Å². The highest BCUT2D eigenvalue weighted by atomic mass is 32.1. The molecule has 2 saturated carbocycles. The summed E-state index contributed by atoms with van der Waals surface area (Å²) in [6, 6.07) is 8.69. The van der Waals surface area contributed by atoms with Crippen LogP contribution >= 0.6 is 11.3 Å². The molecule has 4 aliphatic rings. The summed E-state index contributed by atoms with van der Waals surface area (Å²) in [5.74, 6) is 5.33. The zero-order valence-electron chi connectivity index (χ0n) is 24.8. The van der Waals surface area contributed by atoms with E-state index in [-0.39, 0.29) is 0 Å². The molecule has 1 aromatic carbocycles. The first-order valence-electron chi connectivity index (χ1n) is 15.7. The van der Waals surface area contributed by atoms with E-state index in [0.717, 1.165) is 52.7 Å². The zero-order valence-corrected chi connectivity index (χ0v) is 25.6. The lowest BCUT2D eigenvalue weighted by molar-refractivity contribution is -0.0392. The van der Waals surface area contributed by atoms with Crippen LogP contribution in [0.3, 0.4) is 0 Å². The Labute approximate surface area is 236 Å². The Morgan fingerprint density at radius 2 is 1.79 bits per heavy atom. The molecular weight excluding hydrogens is 480 g/mol. The zero-order chi connectivity index (χ0) is 26.7. The standard InChI is InChI=1S/C35H50N2S/c1-22(2)8-7-9-24(4)27-16-17-28-26-14-15-30-32-31(19-21-35(30,6)29(26)18-20-34(27,28)5)37-33(38-32)36-25-12-10-23(3)11-13-25/h10-13,15,22,24,26-29H,7-9,14,16-21H2,1-6H3,(H,36,37)/t24-,26+,27-,28+,29+,34-,35-/m1/s1. The molecule has 6 rings (SSSR count). The topological polar surface area (TPSA) is 24.9 Å². The Balaban J connectivity index is 1.21. The van der Waals surface area contributed by atoms with Gasteiger partial charge in [-0.05, 0) is 116 Å². The fraction of sp³-hybridized carbons (Fsp3) is 0.686. The third kappa shape index (κ3) is 4.49. The number of aromatic nitrogens is 1. The molecule has 0 radical (unpaired) electrons. The van der Waals surface area contributed by atoms with Crippen LogP contribution in [0.25, 0.3) is 5.57 Å². The summed E-state index contributed by atoms with van der Waals surface area (Å²) in [6.07, 6.45) is 16.5. The highest BCUT2D eigenvalue weighted by molar-refractivity contribution is 7.16. The summed E-state index contributed by atoms with van der Waals surface area (Å²) in [7, 11) is 0. The Bertz CT molecular complexity index is 1180. The quantitative estimate of drug-likeness (QED) is 0.385. The van der Waals surface area contributed by atoms with E-state index in [4.69, 9.17) is 4.98 Å². The molecule has 1 aromatic heterocycles. The predicted octanol–water partition coefficient (Wildman–Crippen LogP) is 10.5. The van der Waals surface area contributed by atoms with Crippen molar-refractivity contribution in [1.82, 2.24) is 4.98 Å². The summed E-state index contributed by atoms with van der Waals surface area (Å²) in [6.45, 7) is 14.9. The van der Waals surface area contributed by atoms with Gasteiger partial charge < -0.3 is 5.32 Å². The lowest BCUT2D eigenvalue weighted by Gasteiger charge is -2.57. The van der Waals surface area contributed by atoms with Crippen LogP contribution in [0.1, 0.15) is 109 Å². The average molecular weight is 531 g/mol. The maximum atomic E-state index is 5.09. The number of rotatable bonds is 7. The molecule has 206 valence electrons. The smallest absolute Gasteiger partial charge is 0.187 e. The Morgan fingerprint density at radius 1 is 1.00 bits per heavy atom. The van der Waals surface area contributed by atoms with Gasteiger partial charge >= 0.3 is 0 Å². The number of allylic oxidation sites excluding steroid dienone is 2. The SMILES string of the molecule is Cc1ccc(Nc2nc3c(s2)C2=CC[C@H]4[C@@H]5CC[C@H]([C@H](C)CCCC(C)C)[C@@]5(C)CC[C@@H]4[C@@]2(C)CC3)cc1. The average Bonchev–Trinajstić information content (AvgIpc) is 3.45. The summed E-state index contributed by atoms with van der Waals surface area (Å²) < 4.78 is 0. The third-order valence-corrected chi connectivity index (χ3v) is 12.8. The van der Waals surface area contributed by atoms with E-state index in [0.29, 0.717) is 10.8 Å². The summed E-state index contributed by atoms with van der Waals surface area (Å²) in [5.41, 5.74) is 6.31. The normalized spacial score (nSPS) is 34.7. The lowest BCUT2D eigenvalue weighted by atomic mass is 9.47. The summed E-state index contributed by atoms with van der Waals surface area (Å²) in [5, 5.41) is 4.67. The Morgan fingerprint density at radius 3 is 2.55 bits per heavy atom. The number of nitrogens with one attached hydrogen (secondary N) is 1. The van der Waals surface area contributed by atoms with Gasteiger partial charge in [0.25, 0.3) is 0 Å². The molecular formula is C35H50N2S. The van der Waals surface area contributed by atoms with Crippen molar-refractivity contribution in [2.75, 3.05) is 5.32 Å². The molecule has 0 bridgehead atoms. The van der Waals surface area contributed by atoms with Crippen LogP contribution < -0.4 is 5.32 Å². The number of aryl methyl sites for hydroxylation is 2. The minimum atomic E-state index is 0.325. The molecule has 7 atom stereocenters. The minimum Gasteiger partial charge on any atom is -0.332 e. The van der Waals surface area contributed by atoms with Gasteiger partial charge in [0.15, 0.2) is 5.13 Å². The van der Waals surface area contributed by atoms with Crippen molar-refractivity contribution >= 4 is 27.7 Å². The predicted molar refractivity (Wildman–Crippen MR) is 164 cm³/mol. The van der Waals surface area contributed by atoms with Crippen molar-refractivity contribution in [3.63, 3.8) is 0 Å². The minimum absolute atomic E-state index is 0.325. The molecule has 0 aliphatic heterocycles. The number of benzene rings is 1. The highest BCUT2D eigenvalue weighted by Gasteiger charge is 2.59. The van der Waals surface area contributed by atoms with E-state index in [1.807, 2.05) is 11.3 Å². The van der Waals surface area contributed by atoms with Crippen molar-refractivity contribution in [1.29, 1.82) is 0 Å². The van der Waals surface area contributed by atoms with Gasteiger partial charge in [-0.1, -0.05) is 89.0 Å². The van der Waals surface area contributed by atoms with Crippen LogP contribution in [-0.4, -0.2) is 4.98 Å². The molecule has 3 heteroatoms. The van der Waals surface area contributed by atoms with Crippen molar-refractivity contribution in [3.8, 4) is 0 Å². The number of fused-ring (bicyclic) bond motifs is 7. The van der Waals surface area contributed by atoms with Crippen LogP contribution in [0.5, 0.6) is 0 Å². The number of hydrogen-bond acceptors (Lipinski definition) is 3. The van der Waals surface area contributed by atoms with E-state index >= 15 is 0 Å². The van der Waals surface area contributed by atoms with Crippen molar-refractivity contribution in [2.45, 2.75) is 106 Å². The molecule has 0 saturated heterocycles. The van der Waals surface area contributed by atoms with Crippen LogP contribution in [0.2, 0.25) is 0 Å². The van der Waals surface area contributed by atoms with Crippen molar-refractivity contribution in [2.24, 2.45) is 46.3 Å². The molecule has 2 nitrogen and oxygen atoms in total. The molecule has 38 heavy (non-hydrogen) atoms. The number of anilines is 2. The van der Waals surface area contributed by atoms with Gasteiger partial charge in [0, 0.05) is 5.69 Å². The van der Waals surface area contributed by atoms with Crippen molar-refractivity contribution in [3.05, 3.63) is 46.5 Å². The molecule has 2 fully saturated rings. The second-order valence-corrected chi connectivity index (χ2v) is 15.5. The molecule has 0 unspecified atom stereocenters. The highest BCUT2D eigenvalue weighted by Crippen LogP contribution is 2.68. The molecule has 0 amide bonds. The maximum absolute atomic E-state index is 5.09. The van der Waals surface area contributed by atoms with E-state index in [9.17, 15) is 0 Å². The van der Waals surface area contributed by atoms with E-state index in [2.05, 4.69) is 77.2 Å². The number of hydrogen-bond donors (Lipinski definition) is 1. The molecule has 4 aliphatic carbocycles. The first kappa shape index (κ1) is 26.6. The molecule has 1 heterocycles. The van der Waals surface area contributed by atoms with Gasteiger partial charge in [-0.25, -0.2) is 4.98 Å². The van der Waals surface area contributed by atoms with E-state index in [1.54, 1.807) is 5.57 Å². The Kier molecular flexibility index (Phi) is 7.07. The Hall–Kier alpha value is -1.61.